The Labute approximate surface area is 102 Å². The Kier molecular flexibility index (Phi) is 7.11. The number of aliphatic carboxylic acids is 1. The summed E-state index contributed by atoms with van der Waals surface area (Å²) in [6.07, 6.45) is 0.128. The first-order chi connectivity index (χ1) is 8.22. The molecule has 0 atom stereocenters. The molecule has 6 nitrogen and oxygen atoms in total. The summed E-state index contributed by atoms with van der Waals surface area (Å²) in [4.78, 5) is 14.8. The average molecular weight is 246 g/mol. The number of nitrogens with zero attached hydrogens (tertiary/aromatic N) is 2. The van der Waals surface area contributed by atoms with Gasteiger partial charge < -0.3 is 14.9 Å². The third-order valence-electron chi connectivity index (χ3n) is 2.89. The number of morpholine rings is 1. The van der Waals surface area contributed by atoms with E-state index in [2.05, 4.69) is 4.90 Å². The molecule has 1 fully saturated rings. The van der Waals surface area contributed by atoms with E-state index in [1.165, 1.54) is 0 Å². The van der Waals surface area contributed by atoms with Crippen LogP contribution in [0.2, 0.25) is 0 Å². The maximum Gasteiger partial charge on any atom is 0.304 e. The molecule has 0 aromatic carbocycles. The van der Waals surface area contributed by atoms with Gasteiger partial charge in [-0.25, -0.2) is 0 Å². The second kappa shape index (κ2) is 8.41. The van der Waals surface area contributed by atoms with E-state index >= 15 is 0 Å². The van der Waals surface area contributed by atoms with E-state index in [0.29, 0.717) is 13.1 Å². The summed E-state index contributed by atoms with van der Waals surface area (Å²) in [7, 11) is 0. The minimum absolute atomic E-state index is 0.0722. The smallest absolute Gasteiger partial charge is 0.304 e. The first-order valence-corrected chi connectivity index (χ1v) is 6.07. The highest BCUT2D eigenvalue weighted by Crippen LogP contribution is 1.98. The molecule has 0 spiro atoms. The Balaban J connectivity index is 2.19. The van der Waals surface area contributed by atoms with E-state index in [-0.39, 0.29) is 13.0 Å². The summed E-state index contributed by atoms with van der Waals surface area (Å²) in [5, 5.41) is 17.5. The zero-order chi connectivity index (χ0) is 12.5. The molecule has 0 aromatic heterocycles. The molecule has 1 aliphatic rings. The lowest BCUT2D eigenvalue weighted by molar-refractivity contribution is -0.137. The molecular formula is C11H22N2O4. The summed E-state index contributed by atoms with van der Waals surface area (Å²) in [6.45, 7) is 6.24. The molecular weight excluding hydrogens is 224 g/mol. The van der Waals surface area contributed by atoms with Crippen LogP contribution in [0.5, 0.6) is 0 Å². The lowest BCUT2D eigenvalue weighted by Gasteiger charge is -2.29. The van der Waals surface area contributed by atoms with Gasteiger partial charge >= 0.3 is 5.97 Å². The van der Waals surface area contributed by atoms with Crippen LogP contribution < -0.4 is 0 Å². The monoisotopic (exact) mass is 246 g/mol. The van der Waals surface area contributed by atoms with Gasteiger partial charge in [-0.15, -0.1) is 0 Å². The van der Waals surface area contributed by atoms with Crippen LogP contribution in [0.3, 0.4) is 0 Å². The summed E-state index contributed by atoms with van der Waals surface area (Å²) in [5.41, 5.74) is 0. The van der Waals surface area contributed by atoms with E-state index in [1.54, 1.807) is 0 Å². The molecule has 0 radical (unpaired) electrons. The lowest BCUT2D eigenvalue weighted by Crippen LogP contribution is -2.42. The van der Waals surface area contributed by atoms with Crippen LogP contribution in [0, 0.1) is 0 Å². The van der Waals surface area contributed by atoms with Gasteiger partial charge in [-0.05, 0) is 0 Å². The molecule has 1 heterocycles. The van der Waals surface area contributed by atoms with Crippen LogP contribution in [0.1, 0.15) is 6.42 Å². The van der Waals surface area contributed by atoms with Crippen LogP contribution in [0.15, 0.2) is 0 Å². The van der Waals surface area contributed by atoms with Crippen molar-refractivity contribution in [1.29, 1.82) is 0 Å². The molecule has 17 heavy (non-hydrogen) atoms. The zero-order valence-electron chi connectivity index (χ0n) is 10.2. The van der Waals surface area contributed by atoms with E-state index in [4.69, 9.17) is 14.9 Å². The maximum atomic E-state index is 10.5. The minimum atomic E-state index is -0.792. The van der Waals surface area contributed by atoms with Crippen LogP contribution in [-0.4, -0.2) is 85.1 Å². The molecule has 0 aliphatic carbocycles. The van der Waals surface area contributed by atoms with Gasteiger partial charge in [0.2, 0.25) is 0 Å². The summed E-state index contributed by atoms with van der Waals surface area (Å²) in [6, 6.07) is 0. The van der Waals surface area contributed by atoms with Crippen molar-refractivity contribution in [3.8, 4) is 0 Å². The molecule has 2 N–H and O–H groups in total. The quantitative estimate of drug-likeness (QED) is 0.577. The van der Waals surface area contributed by atoms with E-state index in [9.17, 15) is 4.79 Å². The highest BCUT2D eigenvalue weighted by molar-refractivity contribution is 5.66. The molecule has 0 aromatic rings. The van der Waals surface area contributed by atoms with Gasteiger partial charge in [0.15, 0.2) is 0 Å². The number of carbonyl (C=O) groups is 1. The topological polar surface area (TPSA) is 73.2 Å². The Morgan fingerprint density at radius 1 is 1.24 bits per heavy atom. The zero-order valence-corrected chi connectivity index (χ0v) is 10.2. The van der Waals surface area contributed by atoms with Crippen molar-refractivity contribution in [2.75, 3.05) is 59.1 Å². The van der Waals surface area contributed by atoms with E-state index in [0.717, 1.165) is 39.4 Å². The van der Waals surface area contributed by atoms with Gasteiger partial charge in [0.25, 0.3) is 0 Å². The third-order valence-corrected chi connectivity index (χ3v) is 2.89. The van der Waals surface area contributed by atoms with Crippen molar-refractivity contribution in [3.05, 3.63) is 0 Å². The van der Waals surface area contributed by atoms with Crippen molar-refractivity contribution < 1.29 is 19.7 Å². The van der Waals surface area contributed by atoms with Crippen molar-refractivity contribution in [1.82, 2.24) is 9.80 Å². The Hall–Kier alpha value is -0.690. The van der Waals surface area contributed by atoms with Crippen molar-refractivity contribution in [2.45, 2.75) is 6.42 Å². The Morgan fingerprint density at radius 3 is 2.53 bits per heavy atom. The molecule has 6 heteroatoms. The Morgan fingerprint density at radius 2 is 1.94 bits per heavy atom. The first-order valence-electron chi connectivity index (χ1n) is 6.07. The summed E-state index contributed by atoms with van der Waals surface area (Å²) < 4.78 is 5.26. The fourth-order valence-corrected chi connectivity index (χ4v) is 1.84. The number of carboxylic acids is 1. The molecule has 1 rings (SSSR count). The molecule has 100 valence electrons. The number of hydrogen-bond donors (Lipinski definition) is 2. The molecule has 0 saturated carbocycles. The first kappa shape index (κ1) is 14.4. The highest BCUT2D eigenvalue weighted by atomic mass is 16.5. The predicted octanol–water partition coefficient (Wildman–Crippen LogP) is -0.912. The molecule has 0 amide bonds. The minimum Gasteiger partial charge on any atom is -0.481 e. The van der Waals surface area contributed by atoms with Crippen molar-refractivity contribution in [3.63, 3.8) is 0 Å². The van der Waals surface area contributed by atoms with E-state index in [1.807, 2.05) is 4.90 Å². The second-order valence-electron chi connectivity index (χ2n) is 4.16. The number of carboxylic acid groups (broad SMARTS) is 1. The highest BCUT2D eigenvalue weighted by Gasteiger charge is 2.12. The van der Waals surface area contributed by atoms with Crippen LogP contribution >= 0.6 is 0 Å². The maximum absolute atomic E-state index is 10.5. The fourth-order valence-electron chi connectivity index (χ4n) is 1.84. The van der Waals surface area contributed by atoms with Crippen LogP contribution in [0.4, 0.5) is 0 Å². The summed E-state index contributed by atoms with van der Waals surface area (Å²) >= 11 is 0. The molecule has 1 aliphatic heterocycles. The van der Waals surface area contributed by atoms with Gasteiger partial charge in [0.05, 0.1) is 26.2 Å². The normalized spacial score (nSPS) is 17.5. The van der Waals surface area contributed by atoms with Crippen LogP contribution in [0.25, 0.3) is 0 Å². The fraction of sp³-hybridized carbons (Fsp3) is 0.909. The Bertz CT molecular complexity index is 220. The van der Waals surface area contributed by atoms with Gasteiger partial charge in [0.1, 0.15) is 0 Å². The largest absolute Gasteiger partial charge is 0.481 e. The molecule has 1 saturated heterocycles. The van der Waals surface area contributed by atoms with Gasteiger partial charge in [0, 0.05) is 39.3 Å². The third kappa shape index (κ3) is 6.58. The average Bonchev–Trinajstić information content (AvgIpc) is 2.34. The second-order valence-corrected chi connectivity index (χ2v) is 4.16. The van der Waals surface area contributed by atoms with Gasteiger partial charge in [-0.2, -0.15) is 0 Å². The SMILES string of the molecule is O=C(O)CCN(CCO)CCN1CCOCC1. The number of ether oxygens (including phenoxy) is 1. The van der Waals surface area contributed by atoms with E-state index < -0.39 is 5.97 Å². The van der Waals surface area contributed by atoms with Crippen molar-refractivity contribution >= 4 is 5.97 Å². The number of aliphatic hydroxyl groups is 1. The van der Waals surface area contributed by atoms with Gasteiger partial charge in [-0.1, -0.05) is 0 Å². The standard InChI is InChI=1S/C11H22N2O4/c14-8-5-12(2-1-11(15)16)3-4-13-6-9-17-10-7-13/h14H,1-10H2,(H,15,16). The number of aliphatic hydroxyl groups excluding tert-OH is 1. The number of rotatable bonds is 8. The molecule has 0 unspecified atom stereocenters. The van der Waals surface area contributed by atoms with Gasteiger partial charge in [-0.3, -0.25) is 14.6 Å². The molecule has 0 bridgehead atoms. The number of hydrogen-bond acceptors (Lipinski definition) is 5. The predicted molar refractivity (Wildman–Crippen MR) is 63.0 cm³/mol. The summed E-state index contributed by atoms with van der Waals surface area (Å²) in [5.74, 6) is -0.792. The van der Waals surface area contributed by atoms with Crippen LogP contribution in [-0.2, 0) is 9.53 Å². The lowest BCUT2D eigenvalue weighted by atomic mass is 10.3. The van der Waals surface area contributed by atoms with Crippen molar-refractivity contribution in [2.24, 2.45) is 0 Å².